The lowest BCUT2D eigenvalue weighted by molar-refractivity contribution is 0.608. The second-order valence-electron chi connectivity index (χ2n) is 5.52. The van der Waals surface area contributed by atoms with Gasteiger partial charge in [0.2, 0.25) is 0 Å². The molecule has 0 atom stereocenters. The highest BCUT2D eigenvalue weighted by molar-refractivity contribution is 5.72. The van der Waals surface area contributed by atoms with E-state index in [1.807, 2.05) is 6.07 Å². The Balaban J connectivity index is 1.80. The molecule has 4 rings (SSSR count). The highest BCUT2D eigenvalue weighted by atomic mass is 19.1. The molecular formula is C17H15FN4. The SMILES string of the molecule is Nc1c(-c2ccc3c(c2)CCC3)nnn1-c1ccccc1F. The Morgan fingerprint density at radius 3 is 2.73 bits per heavy atom. The molecule has 0 aliphatic heterocycles. The maximum absolute atomic E-state index is 13.9. The van der Waals surface area contributed by atoms with E-state index in [4.69, 9.17) is 5.73 Å². The Morgan fingerprint density at radius 2 is 1.86 bits per heavy atom. The Labute approximate surface area is 127 Å². The number of nitrogens with two attached hydrogens (primary N) is 1. The van der Waals surface area contributed by atoms with Gasteiger partial charge in [0.15, 0.2) is 5.82 Å². The molecule has 1 heterocycles. The van der Waals surface area contributed by atoms with Crippen molar-refractivity contribution in [2.24, 2.45) is 0 Å². The van der Waals surface area contributed by atoms with Crippen LogP contribution in [0.15, 0.2) is 42.5 Å². The van der Waals surface area contributed by atoms with Gasteiger partial charge in [-0.05, 0) is 48.6 Å². The van der Waals surface area contributed by atoms with Gasteiger partial charge in [0.05, 0.1) is 0 Å². The van der Waals surface area contributed by atoms with E-state index in [1.54, 1.807) is 18.2 Å². The Hall–Kier alpha value is -2.69. The number of halogens is 1. The molecule has 1 aliphatic carbocycles. The minimum absolute atomic E-state index is 0.305. The standard InChI is InChI=1S/C17H15FN4/c18-14-6-1-2-7-15(14)22-17(19)16(20-21-22)13-9-8-11-4-3-5-12(11)10-13/h1-2,6-10H,3-5,19H2. The second kappa shape index (κ2) is 4.94. The van der Waals surface area contributed by atoms with Crippen molar-refractivity contribution in [3.63, 3.8) is 0 Å². The quantitative estimate of drug-likeness (QED) is 0.790. The lowest BCUT2D eigenvalue weighted by Gasteiger charge is -2.05. The van der Waals surface area contributed by atoms with Crippen LogP contribution in [0.2, 0.25) is 0 Å². The van der Waals surface area contributed by atoms with E-state index >= 15 is 0 Å². The summed E-state index contributed by atoms with van der Waals surface area (Å²) < 4.78 is 15.2. The summed E-state index contributed by atoms with van der Waals surface area (Å²) >= 11 is 0. The predicted octanol–water partition coefficient (Wildman–Crippen LogP) is 3.14. The van der Waals surface area contributed by atoms with Crippen LogP contribution in [0.5, 0.6) is 0 Å². The molecule has 3 aromatic rings. The van der Waals surface area contributed by atoms with Crippen molar-refractivity contribution in [1.82, 2.24) is 15.0 Å². The summed E-state index contributed by atoms with van der Waals surface area (Å²) in [5, 5.41) is 8.17. The van der Waals surface area contributed by atoms with Gasteiger partial charge < -0.3 is 5.73 Å². The van der Waals surface area contributed by atoms with Gasteiger partial charge in [0, 0.05) is 5.56 Å². The fourth-order valence-electron chi connectivity index (χ4n) is 3.02. The summed E-state index contributed by atoms with van der Waals surface area (Å²) in [5.74, 6) is -0.0253. The first-order valence-electron chi connectivity index (χ1n) is 7.32. The topological polar surface area (TPSA) is 56.7 Å². The predicted molar refractivity (Wildman–Crippen MR) is 83.2 cm³/mol. The first-order chi connectivity index (χ1) is 10.7. The highest BCUT2D eigenvalue weighted by Crippen LogP contribution is 2.30. The molecule has 0 spiro atoms. The Kier molecular flexibility index (Phi) is 2.92. The molecule has 0 amide bonds. The van der Waals surface area contributed by atoms with E-state index in [2.05, 4.69) is 22.4 Å². The average molecular weight is 294 g/mol. The third kappa shape index (κ3) is 1.97. The maximum Gasteiger partial charge on any atom is 0.156 e. The number of benzene rings is 2. The van der Waals surface area contributed by atoms with Crippen molar-refractivity contribution in [1.29, 1.82) is 0 Å². The zero-order chi connectivity index (χ0) is 15.1. The molecule has 0 bridgehead atoms. The summed E-state index contributed by atoms with van der Waals surface area (Å²) in [6, 6.07) is 12.6. The van der Waals surface area contributed by atoms with Crippen molar-refractivity contribution >= 4 is 5.82 Å². The van der Waals surface area contributed by atoms with E-state index < -0.39 is 0 Å². The van der Waals surface area contributed by atoms with Crippen molar-refractivity contribution in [3.05, 3.63) is 59.4 Å². The number of hydrogen-bond acceptors (Lipinski definition) is 3. The fraction of sp³-hybridized carbons (Fsp3) is 0.176. The molecule has 1 aromatic heterocycles. The fourth-order valence-corrected chi connectivity index (χ4v) is 3.02. The normalized spacial score (nSPS) is 13.3. The monoisotopic (exact) mass is 294 g/mol. The highest BCUT2D eigenvalue weighted by Gasteiger charge is 2.17. The van der Waals surface area contributed by atoms with E-state index in [0.29, 0.717) is 17.2 Å². The third-order valence-corrected chi connectivity index (χ3v) is 4.16. The molecule has 0 saturated carbocycles. The lowest BCUT2D eigenvalue weighted by atomic mass is 10.0. The van der Waals surface area contributed by atoms with Gasteiger partial charge in [-0.25, -0.2) is 4.39 Å². The van der Waals surface area contributed by atoms with Crippen LogP contribution in [-0.4, -0.2) is 15.0 Å². The largest absolute Gasteiger partial charge is 0.382 e. The van der Waals surface area contributed by atoms with Crippen LogP contribution >= 0.6 is 0 Å². The number of hydrogen-bond donors (Lipinski definition) is 1. The number of nitrogens with zero attached hydrogens (tertiary/aromatic N) is 3. The second-order valence-corrected chi connectivity index (χ2v) is 5.52. The van der Waals surface area contributed by atoms with Gasteiger partial charge >= 0.3 is 0 Å². The van der Waals surface area contributed by atoms with Crippen molar-refractivity contribution in [3.8, 4) is 16.9 Å². The summed E-state index contributed by atoms with van der Waals surface area (Å²) in [4.78, 5) is 0. The van der Waals surface area contributed by atoms with Crippen LogP contribution in [-0.2, 0) is 12.8 Å². The smallest absolute Gasteiger partial charge is 0.156 e. The van der Waals surface area contributed by atoms with Gasteiger partial charge in [-0.3, -0.25) is 0 Å². The van der Waals surface area contributed by atoms with E-state index in [1.165, 1.54) is 28.3 Å². The molecule has 0 fully saturated rings. The molecule has 4 nitrogen and oxygen atoms in total. The lowest BCUT2D eigenvalue weighted by Crippen LogP contribution is -2.04. The number of rotatable bonds is 2. The summed E-state index contributed by atoms with van der Waals surface area (Å²) in [5.41, 5.74) is 10.7. The van der Waals surface area contributed by atoms with Crippen LogP contribution in [0, 0.1) is 5.82 Å². The molecule has 22 heavy (non-hydrogen) atoms. The number of nitrogen functional groups attached to an aromatic ring is 1. The third-order valence-electron chi connectivity index (χ3n) is 4.16. The van der Waals surface area contributed by atoms with Crippen LogP contribution in [0.4, 0.5) is 10.2 Å². The van der Waals surface area contributed by atoms with E-state index in [9.17, 15) is 4.39 Å². The molecule has 110 valence electrons. The van der Waals surface area contributed by atoms with Crippen LogP contribution in [0.25, 0.3) is 16.9 Å². The summed E-state index contributed by atoms with van der Waals surface area (Å²) in [6.45, 7) is 0. The van der Waals surface area contributed by atoms with Crippen LogP contribution in [0.1, 0.15) is 17.5 Å². The first-order valence-corrected chi connectivity index (χ1v) is 7.32. The minimum atomic E-state index is -0.375. The molecule has 0 unspecified atom stereocenters. The molecule has 2 aromatic carbocycles. The van der Waals surface area contributed by atoms with Gasteiger partial charge in [0.1, 0.15) is 17.2 Å². The molecule has 0 saturated heterocycles. The van der Waals surface area contributed by atoms with Crippen molar-refractivity contribution < 1.29 is 4.39 Å². The first kappa shape index (κ1) is 13.0. The molecule has 2 N–H and O–H groups in total. The zero-order valence-corrected chi connectivity index (χ0v) is 12.0. The van der Waals surface area contributed by atoms with Crippen LogP contribution in [0.3, 0.4) is 0 Å². The number of aromatic nitrogens is 3. The maximum atomic E-state index is 13.9. The van der Waals surface area contributed by atoms with Gasteiger partial charge in [-0.2, -0.15) is 4.68 Å². The molecule has 1 aliphatic rings. The van der Waals surface area contributed by atoms with Gasteiger partial charge in [0.25, 0.3) is 0 Å². The summed E-state index contributed by atoms with van der Waals surface area (Å²) in [6.07, 6.45) is 3.41. The average Bonchev–Trinajstić information content (AvgIpc) is 3.13. The molecule has 0 radical (unpaired) electrons. The van der Waals surface area contributed by atoms with E-state index in [0.717, 1.165) is 18.4 Å². The Bertz CT molecular complexity index is 854. The van der Waals surface area contributed by atoms with Crippen molar-refractivity contribution in [2.75, 3.05) is 5.73 Å². The minimum Gasteiger partial charge on any atom is -0.382 e. The number of para-hydroxylation sites is 1. The Morgan fingerprint density at radius 1 is 1.05 bits per heavy atom. The number of anilines is 1. The van der Waals surface area contributed by atoms with Gasteiger partial charge in [-0.15, -0.1) is 5.10 Å². The molecular weight excluding hydrogens is 279 g/mol. The summed E-state index contributed by atoms with van der Waals surface area (Å²) in [7, 11) is 0. The molecule has 5 heteroatoms. The van der Waals surface area contributed by atoms with E-state index in [-0.39, 0.29) is 5.82 Å². The number of aryl methyl sites for hydroxylation is 2. The van der Waals surface area contributed by atoms with Crippen LogP contribution < -0.4 is 5.73 Å². The van der Waals surface area contributed by atoms with Gasteiger partial charge in [-0.1, -0.05) is 29.5 Å². The zero-order valence-electron chi connectivity index (χ0n) is 12.0. The van der Waals surface area contributed by atoms with Crippen molar-refractivity contribution in [2.45, 2.75) is 19.3 Å². The number of fused-ring (bicyclic) bond motifs is 1.